The van der Waals surface area contributed by atoms with Gasteiger partial charge in [0.2, 0.25) is 0 Å². The van der Waals surface area contributed by atoms with Crippen LogP contribution in [0, 0.1) is 0 Å². The van der Waals surface area contributed by atoms with Crippen LogP contribution in [0.3, 0.4) is 0 Å². The maximum absolute atomic E-state index is 12.3. The van der Waals surface area contributed by atoms with Crippen LogP contribution in [0.15, 0.2) is 42.5 Å². The second kappa shape index (κ2) is 6.12. The van der Waals surface area contributed by atoms with Gasteiger partial charge < -0.3 is 15.8 Å². The molecule has 0 heterocycles. The highest BCUT2D eigenvalue weighted by Crippen LogP contribution is 2.29. The number of hydrogen-bond donors (Lipinski definition) is 2. The van der Waals surface area contributed by atoms with Crippen molar-refractivity contribution < 1.29 is 17.9 Å². The van der Waals surface area contributed by atoms with Crippen molar-refractivity contribution in [1.29, 1.82) is 0 Å². The Labute approximate surface area is 132 Å². The summed E-state index contributed by atoms with van der Waals surface area (Å²) in [4.78, 5) is 0. The van der Waals surface area contributed by atoms with E-state index >= 15 is 0 Å². The molecule has 3 N–H and O–H groups in total. The van der Waals surface area contributed by atoms with Crippen molar-refractivity contribution in [3.05, 3.63) is 53.6 Å². The van der Waals surface area contributed by atoms with E-state index < -0.39 is 6.36 Å². The fraction of sp³-hybridized carbons (Fsp3) is 0.294. The van der Waals surface area contributed by atoms with E-state index in [4.69, 9.17) is 5.73 Å². The van der Waals surface area contributed by atoms with Gasteiger partial charge in [-0.05, 0) is 54.7 Å². The number of nitrogens with one attached hydrogen (secondary N) is 1. The minimum absolute atomic E-state index is 0.206. The first-order chi connectivity index (χ1) is 10.9. The van der Waals surface area contributed by atoms with Crippen molar-refractivity contribution in [3.63, 3.8) is 0 Å². The van der Waals surface area contributed by atoms with E-state index in [-0.39, 0.29) is 11.8 Å². The maximum Gasteiger partial charge on any atom is 0.573 e. The highest BCUT2D eigenvalue weighted by molar-refractivity contribution is 5.62. The van der Waals surface area contributed by atoms with Gasteiger partial charge in [0, 0.05) is 23.5 Å². The first kappa shape index (κ1) is 15.7. The predicted octanol–water partition coefficient (Wildman–Crippen LogP) is 4.14. The minimum atomic E-state index is -4.69. The molecule has 0 aromatic heterocycles. The lowest BCUT2D eigenvalue weighted by molar-refractivity contribution is -0.274. The van der Waals surface area contributed by atoms with Gasteiger partial charge in [-0.2, -0.15) is 0 Å². The minimum Gasteiger partial charge on any atom is -0.406 e. The molecule has 23 heavy (non-hydrogen) atoms. The van der Waals surface area contributed by atoms with Gasteiger partial charge in [0.25, 0.3) is 0 Å². The Morgan fingerprint density at radius 1 is 1.04 bits per heavy atom. The third kappa shape index (κ3) is 4.16. The molecule has 0 saturated carbocycles. The average molecular weight is 322 g/mol. The molecule has 0 radical (unpaired) electrons. The monoisotopic (exact) mass is 322 g/mol. The SMILES string of the molecule is NC1CCc2cc(Nc3cccc(OC(F)(F)F)c3)ccc2C1. The van der Waals surface area contributed by atoms with Crippen molar-refractivity contribution in [1.82, 2.24) is 0 Å². The van der Waals surface area contributed by atoms with Gasteiger partial charge in [-0.1, -0.05) is 12.1 Å². The van der Waals surface area contributed by atoms with Gasteiger partial charge >= 0.3 is 6.36 Å². The Morgan fingerprint density at radius 3 is 2.61 bits per heavy atom. The van der Waals surface area contributed by atoms with Crippen molar-refractivity contribution in [2.75, 3.05) is 5.32 Å². The molecule has 6 heteroatoms. The summed E-state index contributed by atoms with van der Waals surface area (Å²) in [6.45, 7) is 0. The molecule has 3 rings (SSSR count). The molecule has 0 bridgehead atoms. The smallest absolute Gasteiger partial charge is 0.406 e. The number of fused-ring (bicyclic) bond motifs is 1. The molecule has 0 fully saturated rings. The fourth-order valence-electron chi connectivity index (χ4n) is 2.80. The lowest BCUT2D eigenvalue weighted by Gasteiger charge is -2.22. The summed E-state index contributed by atoms with van der Waals surface area (Å²) in [6.07, 6.45) is -1.96. The molecule has 0 saturated heterocycles. The molecule has 1 unspecified atom stereocenters. The Balaban J connectivity index is 1.76. The van der Waals surface area contributed by atoms with Crippen molar-refractivity contribution >= 4 is 11.4 Å². The van der Waals surface area contributed by atoms with Crippen LogP contribution in [0.25, 0.3) is 0 Å². The first-order valence-electron chi connectivity index (χ1n) is 7.39. The number of nitrogens with two attached hydrogens (primary N) is 1. The molecule has 122 valence electrons. The predicted molar refractivity (Wildman–Crippen MR) is 82.9 cm³/mol. The van der Waals surface area contributed by atoms with Crippen LogP contribution in [-0.4, -0.2) is 12.4 Å². The van der Waals surface area contributed by atoms with Gasteiger partial charge in [0.15, 0.2) is 0 Å². The molecule has 0 aliphatic heterocycles. The Kier molecular flexibility index (Phi) is 4.17. The number of halogens is 3. The van der Waals surface area contributed by atoms with Crippen LogP contribution in [-0.2, 0) is 12.8 Å². The van der Waals surface area contributed by atoms with Gasteiger partial charge in [-0.25, -0.2) is 0 Å². The molecule has 2 aromatic carbocycles. The summed E-state index contributed by atoms with van der Waals surface area (Å²) in [5.74, 6) is -0.244. The van der Waals surface area contributed by atoms with Crippen molar-refractivity contribution in [2.45, 2.75) is 31.7 Å². The number of hydrogen-bond acceptors (Lipinski definition) is 3. The summed E-state index contributed by atoms with van der Waals surface area (Å²) < 4.78 is 40.7. The summed E-state index contributed by atoms with van der Waals surface area (Å²) in [5.41, 5.74) is 9.81. The Bertz CT molecular complexity index is 700. The second-order valence-corrected chi connectivity index (χ2v) is 5.69. The number of rotatable bonds is 3. The van der Waals surface area contributed by atoms with Crippen LogP contribution in [0.2, 0.25) is 0 Å². The number of aryl methyl sites for hydroxylation is 1. The molecule has 1 atom stereocenters. The van der Waals surface area contributed by atoms with Crippen LogP contribution in [0.1, 0.15) is 17.5 Å². The molecule has 1 aliphatic rings. The van der Waals surface area contributed by atoms with E-state index in [9.17, 15) is 13.2 Å². The Morgan fingerprint density at radius 2 is 1.83 bits per heavy atom. The van der Waals surface area contributed by atoms with Crippen LogP contribution in [0.4, 0.5) is 24.5 Å². The van der Waals surface area contributed by atoms with E-state index in [1.165, 1.54) is 29.3 Å². The zero-order valence-electron chi connectivity index (χ0n) is 12.4. The first-order valence-corrected chi connectivity index (χ1v) is 7.39. The van der Waals surface area contributed by atoms with Gasteiger partial charge in [-0.15, -0.1) is 13.2 Å². The zero-order valence-corrected chi connectivity index (χ0v) is 12.4. The van der Waals surface area contributed by atoms with Crippen LogP contribution in [0.5, 0.6) is 5.75 Å². The number of ether oxygens (including phenoxy) is 1. The largest absolute Gasteiger partial charge is 0.573 e. The standard InChI is InChI=1S/C17H17F3N2O/c18-17(19,20)23-16-3-1-2-14(10-16)22-15-7-5-11-8-13(21)6-4-12(11)9-15/h1-3,5,7,9-10,13,22H,4,6,8,21H2. The second-order valence-electron chi connectivity index (χ2n) is 5.69. The van der Waals surface area contributed by atoms with Gasteiger partial charge in [0.1, 0.15) is 5.75 Å². The molecule has 2 aromatic rings. The lowest BCUT2D eigenvalue weighted by Crippen LogP contribution is -2.27. The number of alkyl halides is 3. The lowest BCUT2D eigenvalue weighted by atomic mass is 9.88. The third-order valence-corrected chi connectivity index (χ3v) is 3.83. The molecule has 0 spiro atoms. The summed E-state index contributed by atoms with van der Waals surface area (Å²) in [5, 5.41) is 3.11. The van der Waals surface area contributed by atoms with E-state index in [0.717, 1.165) is 24.9 Å². The van der Waals surface area contributed by atoms with E-state index in [1.54, 1.807) is 6.07 Å². The molecular weight excluding hydrogens is 305 g/mol. The van der Waals surface area contributed by atoms with Crippen LogP contribution >= 0.6 is 0 Å². The van der Waals surface area contributed by atoms with Gasteiger partial charge in [0.05, 0.1) is 0 Å². The quantitative estimate of drug-likeness (QED) is 0.892. The van der Waals surface area contributed by atoms with Gasteiger partial charge in [-0.3, -0.25) is 0 Å². The van der Waals surface area contributed by atoms with E-state index in [2.05, 4.69) is 10.1 Å². The maximum atomic E-state index is 12.3. The van der Waals surface area contributed by atoms with E-state index in [0.29, 0.717) is 5.69 Å². The third-order valence-electron chi connectivity index (χ3n) is 3.83. The summed E-state index contributed by atoms with van der Waals surface area (Å²) in [6, 6.07) is 12.0. The molecular formula is C17H17F3N2O. The van der Waals surface area contributed by atoms with E-state index in [1.807, 2.05) is 18.2 Å². The normalized spacial score (nSPS) is 17.5. The fourth-order valence-corrected chi connectivity index (χ4v) is 2.80. The number of anilines is 2. The molecule has 3 nitrogen and oxygen atoms in total. The molecule has 0 amide bonds. The van der Waals surface area contributed by atoms with Crippen molar-refractivity contribution in [2.24, 2.45) is 5.73 Å². The zero-order chi connectivity index (χ0) is 16.4. The summed E-state index contributed by atoms with van der Waals surface area (Å²) >= 11 is 0. The Hall–Kier alpha value is -2.21. The highest BCUT2D eigenvalue weighted by Gasteiger charge is 2.31. The topological polar surface area (TPSA) is 47.3 Å². The molecule has 1 aliphatic carbocycles. The summed E-state index contributed by atoms with van der Waals surface area (Å²) in [7, 11) is 0. The number of benzene rings is 2. The average Bonchev–Trinajstić information content (AvgIpc) is 2.46. The highest BCUT2D eigenvalue weighted by atomic mass is 19.4. The van der Waals surface area contributed by atoms with Crippen molar-refractivity contribution in [3.8, 4) is 5.75 Å². The van der Waals surface area contributed by atoms with Crippen LogP contribution < -0.4 is 15.8 Å².